The molecule has 1 amide bonds. The first-order chi connectivity index (χ1) is 16.1. The summed E-state index contributed by atoms with van der Waals surface area (Å²) < 4.78 is 11.2. The van der Waals surface area contributed by atoms with E-state index in [-0.39, 0.29) is 5.91 Å². The molecule has 1 N–H and O–H groups in total. The van der Waals surface area contributed by atoms with E-state index in [0.29, 0.717) is 17.3 Å². The number of carbonyl (C=O) groups is 1. The Hall–Kier alpha value is -2.70. The zero-order valence-corrected chi connectivity index (χ0v) is 20.2. The lowest BCUT2D eigenvalue weighted by molar-refractivity contribution is 0.0927. The maximum Gasteiger partial charge on any atom is 0.287 e. The van der Waals surface area contributed by atoms with Crippen LogP contribution in [0, 0.1) is 0 Å². The smallest absolute Gasteiger partial charge is 0.287 e. The minimum atomic E-state index is -0.151. The number of benzene rings is 2. The fraction of sp³-hybridized carbons (Fsp3) is 0.423. The molecule has 0 spiro atoms. The fourth-order valence-corrected chi connectivity index (χ4v) is 4.64. The van der Waals surface area contributed by atoms with Gasteiger partial charge in [-0.2, -0.15) is 0 Å². The molecule has 1 fully saturated rings. The standard InChI is InChI=1S/C26H32ClN3O3/c1-3-19-16-21(27)25(32-2)22(17-19)30-14-12-29(13-15-30)11-7-6-10-28-26(31)24-18-20-8-4-5-9-23(20)33-24/h4-5,8-9,16-18H,3,6-7,10-15H2,1-2H3,(H,28,31). The number of amides is 1. The van der Waals surface area contributed by atoms with Crippen molar-refractivity contribution in [2.45, 2.75) is 26.2 Å². The zero-order valence-electron chi connectivity index (χ0n) is 19.4. The number of aryl methyl sites for hydroxylation is 1. The first kappa shape index (κ1) is 23.5. The summed E-state index contributed by atoms with van der Waals surface area (Å²) in [5.41, 5.74) is 3.06. The predicted octanol–water partition coefficient (Wildman–Crippen LogP) is 4.99. The Bertz CT molecular complexity index is 1060. The largest absolute Gasteiger partial charge is 0.493 e. The third kappa shape index (κ3) is 5.63. The maximum atomic E-state index is 12.3. The molecule has 6 nitrogen and oxygen atoms in total. The quantitative estimate of drug-likeness (QED) is 0.447. The van der Waals surface area contributed by atoms with Gasteiger partial charge in [-0.15, -0.1) is 0 Å². The Labute approximate surface area is 200 Å². The summed E-state index contributed by atoms with van der Waals surface area (Å²) in [6.07, 6.45) is 2.93. The summed E-state index contributed by atoms with van der Waals surface area (Å²) >= 11 is 6.44. The van der Waals surface area contributed by atoms with Crippen molar-refractivity contribution >= 4 is 34.2 Å². The molecule has 4 rings (SSSR count). The molecule has 2 aromatic carbocycles. The maximum absolute atomic E-state index is 12.3. The van der Waals surface area contributed by atoms with Gasteiger partial charge in [0.25, 0.3) is 5.91 Å². The van der Waals surface area contributed by atoms with E-state index in [2.05, 4.69) is 28.1 Å². The molecule has 0 unspecified atom stereocenters. The Kier molecular flexibility index (Phi) is 7.78. The van der Waals surface area contributed by atoms with Crippen LogP contribution in [0.15, 0.2) is 46.9 Å². The Balaban J connectivity index is 1.19. The van der Waals surface area contributed by atoms with E-state index in [1.807, 2.05) is 30.3 Å². The number of nitrogens with one attached hydrogen (secondary N) is 1. The molecule has 2 heterocycles. The zero-order chi connectivity index (χ0) is 23.2. The second-order valence-corrected chi connectivity index (χ2v) is 8.83. The molecule has 0 aliphatic carbocycles. The molecule has 1 aliphatic heterocycles. The Morgan fingerprint density at radius 3 is 2.64 bits per heavy atom. The van der Waals surface area contributed by atoms with E-state index in [1.54, 1.807) is 13.2 Å². The second kappa shape index (κ2) is 10.9. The average Bonchev–Trinajstić information content (AvgIpc) is 3.28. The minimum Gasteiger partial charge on any atom is -0.493 e. The van der Waals surface area contributed by atoms with E-state index in [0.717, 1.165) is 74.4 Å². The van der Waals surface area contributed by atoms with E-state index in [4.69, 9.17) is 20.8 Å². The van der Waals surface area contributed by atoms with Crippen LogP contribution < -0.4 is 15.0 Å². The lowest BCUT2D eigenvalue weighted by Crippen LogP contribution is -2.46. The van der Waals surface area contributed by atoms with Crippen molar-refractivity contribution in [3.05, 3.63) is 58.8 Å². The van der Waals surface area contributed by atoms with Crippen LogP contribution >= 0.6 is 11.6 Å². The van der Waals surface area contributed by atoms with Crippen LogP contribution in [-0.4, -0.2) is 57.2 Å². The van der Waals surface area contributed by atoms with Crippen molar-refractivity contribution in [1.82, 2.24) is 10.2 Å². The minimum absolute atomic E-state index is 0.151. The van der Waals surface area contributed by atoms with E-state index >= 15 is 0 Å². The number of fused-ring (bicyclic) bond motifs is 1. The van der Waals surface area contributed by atoms with Crippen LogP contribution in [0.4, 0.5) is 5.69 Å². The predicted molar refractivity (Wildman–Crippen MR) is 134 cm³/mol. The van der Waals surface area contributed by atoms with Crippen molar-refractivity contribution < 1.29 is 13.9 Å². The van der Waals surface area contributed by atoms with Crippen molar-refractivity contribution in [2.75, 3.05) is 51.3 Å². The van der Waals surface area contributed by atoms with Gasteiger partial charge in [0.05, 0.1) is 17.8 Å². The Morgan fingerprint density at radius 1 is 1.12 bits per heavy atom. The van der Waals surface area contributed by atoms with Gasteiger partial charge >= 0.3 is 0 Å². The summed E-state index contributed by atoms with van der Waals surface area (Å²) in [4.78, 5) is 17.2. The molecule has 0 bridgehead atoms. The van der Waals surface area contributed by atoms with Crippen LogP contribution in [0.25, 0.3) is 11.0 Å². The number of methoxy groups -OCH3 is 1. The highest BCUT2D eigenvalue weighted by Crippen LogP contribution is 2.37. The molecule has 7 heteroatoms. The summed E-state index contributed by atoms with van der Waals surface area (Å²) in [6.45, 7) is 7.71. The molecule has 0 saturated carbocycles. The lowest BCUT2D eigenvalue weighted by atomic mass is 10.1. The molecule has 3 aromatic rings. The molecule has 1 saturated heterocycles. The molecule has 0 radical (unpaired) electrons. The first-order valence-corrected chi connectivity index (χ1v) is 12.1. The van der Waals surface area contributed by atoms with Gasteiger partial charge in [-0.25, -0.2) is 0 Å². The molecule has 176 valence electrons. The molecule has 0 atom stereocenters. The molecule has 33 heavy (non-hydrogen) atoms. The third-order valence-electron chi connectivity index (χ3n) is 6.25. The number of carbonyl (C=O) groups excluding carboxylic acids is 1. The monoisotopic (exact) mass is 469 g/mol. The lowest BCUT2D eigenvalue weighted by Gasteiger charge is -2.37. The number of furan rings is 1. The van der Waals surface area contributed by atoms with Crippen molar-refractivity contribution in [3.8, 4) is 5.75 Å². The average molecular weight is 470 g/mol. The number of halogens is 1. The molecular formula is C26H32ClN3O3. The van der Waals surface area contributed by atoms with Gasteiger partial charge in [0, 0.05) is 38.1 Å². The van der Waals surface area contributed by atoms with Gasteiger partial charge in [0.15, 0.2) is 11.5 Å². The number of rotatable bonds is 9. The van der Waals surface area contributed by atoms with Gasteiger partial charge < -0.3 is 19.4 Å². The Morgan fingerprint density at radius 2 is 1.91 bits per heavy atom. The number of nitrogens with zero attached hydrogens (tertiary/aromatic N) is 2. The fourth-order valence-electron chi connectivity index (χ4n) is 4.33. The van der Waals surface area contributed by atoms with E-state index < -0.39 is 0 Å². The van der Waals surface area contributed by atoms with Gasteiger partial charge in [0.1, 0.15) is 5.58 Å². The summed E-state index contributed by atoms with van der Waals surface area (Å²) in [7, 11) is 1.68. The number of hydrogen-bond donors (Lipinski definition) is 1. The normalized spacial score (nSPS) is 14.6. The topological polar surface area (TPSA) is 58.0 Å². The van der Waals surface area contributed by atoms with Gasteiger partial charge in [-0.3, -0.25) is 9.69 Å². The van der Waals surface area contributed by atoms with Crippen molar-refractivity contribution in [2.24, 2.45) is 0 Å². The molecule has 1 aromatic heterocycles. The SMILES string of the molecule is CCc1cc(Cl)c(OC)c(N2CCN(CCCCNC(=O)c3cc4ccccc4o3)CC2)c1. The van der Waals surface area contributed by atoms with E-state index in [1.165, 1.54) is 5.56 Å². The highest BCUT2D eigenvalue weighted by atomic mass is 35.5. The van der Waals surface area contributed by atoms with Crippen LogP contribution in [0.3, 0.4) is 0 Å². The molecule has 1 aliphatic rings. The van der Waals surface area contributed by atoms with Gasteiger partial charge in [-0.05, 0) is 55.6 Å². The van der Waals surface area contributed by atoms with E-state index in [9.17, 15) is 4.79 Å². The van der Waals surface area contributed by atoms with Crippen molar-refractivity contribution in [1.29, 1.82) is 0 Å². The number of unbranched alkanes of at least 4 members (excludes halogenated alkanes) is 1. The van der Waals surface area contributed by atoms with Gasteiger partial charge in [-0.1, -0.05) is 36.7 Å². The number of piperazine rings is 1. The number of ether oxygens (including phenoxy) is 1. The van der Waals surface area contributed by atoms with Crippen LogP contribution in [0.2, 0.25) is 5.02 Å². The molecular weight excluding hydrogens is 438 g/mol. The van der Waals surface area contributed by atoms with Crippen LogP contribution in [0.5, 0.6) is 5.75 Å². The number of hydrogen-bond acceptors (Lipinski definition) is 5. The highest BCUT2D eigenvalue weighted by molar-refractivity contribution is 6.32. The first-order valence-electron chi connectivity index (χ1n) is 11.7. The third-order valence-corrected chi connectivity index (χ3v) is 6.53. The summed E-state index contributed by atoms with van der Waals surface area (Å²) in [6, 6.07) is 13.6. The van der Waals surface area contributed by atoms with Crippen LogP contribution in [0.1, 0.15) is 35.9 Å². The number of anilines is 1. The van der Waals surface area contributed by atoms with Crippen LogP contribution in [-0.2, 0) is 6.42 Å². The summed E-state index contributed by atoms with van der Waals surface area (Å²) in [5.74, 6) is 0.985. The van der Waals surface area contributed by atoms with Crippen molar-refractivity contribution in [3.63, 3.8) is 0 Å². The second-order valence-electron chi connectivity index (χ2n) is 8.42. The van der Waals surface area contributed by atoms with Gasteiger partial charge in [0.2, 0.25) is 0 Å². The number of para-hydroxylation sites is 1. The highest BCUT2D eigenvalue weighted by Gasteiger charge is 2.21. The summed E-state index contributed by atoms with van der Waals surface area (Å²) in [5, 5.41) is 4.60.